The molecule has 1 aliphatic heterocycles. The Morgan fingerprint density at radius 1 is 1.32 bits per heavy atom. The lowest BCUT2D eigenvalue weighted by molar-refractivity contribution is 0.0658. The summed E-state index contributed by atoms with van der Waals surface area (Å²) < 4.78 is 7.08. The van der Waals surface area contributed by atoms with Gasteiger partial charge in [-0.15, -0.1) is 0 Å². The fourth-order valence-electron chi connectivity index (χ4n) is 2.57. The van der Waals surface area contributed by atoms with Crippen LogP contribution in [0.2, 0.25) is 0 Å². The lowest BCUT2D eigenvalue weighted by Gasteiger charge is -2.23. The number of nitrogens with zero attached hydrogens (tertiary/aromatic N) is 6. The minimum atomic E-state index is -0.148. The fourth-order valence-corrected chi connectivity index (χ4v) is 2.57. The topological polar surface area (TPSA) is 86.0 Å². The Morgan fingerprint density at radius 2 is 2.18 bits per heavy atom. The minimum absolute atomic E-state index is 0.148. The summed E-state index contributed by atoms with van der Waals surface area (Å²) in [5.41, 5.74) is 1.12. The number of fused-ring (bicyclic) bond motifs is 1. The number of aryl methyl sites for hydroxylation is 1. The lowest BCUT2D eigenvalue weighted by Crippen LogP contribution is -2.35. The summed E-state index contributed by atoms with van der Waals surface area (Å²) in [7, 11) is 1.66. The molecule has 0 N–H and O–H groups in total. The van der Waals surface area contributed by atoms with Gasteiger partial charge in [-0.1, -0.05) is 0 Å². The smallest absolute Gasteiger partial charge is 0.274 e. The van der Waals surface area contributed by atoms with Crippen LogP contribution >= 0.6 is 0 Å². The number of methoxy groups -OCH3 is 1. The van der Waals surface area contributed by atoms with Gasteiger partial charge in [-0.3, -0.25) is 9.78 Å². The van der Waals surface area contributed by atoms with E-state index in [4.69, 9.17) is 4.74 Å². The molecule has 1 aliphatic rings. The van der Waals surface area contributed by atoms with Crippen LogP contribution in [0, 0.1) is 12.8 Å². The molecule has 1 amide bonds. The maximum absolute atomic E-state index is 12.7. The zero-order chi connectivity index (χ0) is 15.5. The molecule has 3 heterocycles. The van der Waals surface area contributed by atoms with Crippen LogP contribution in [0.1, 0.15) is 22.0 Å². The van der Waals surface area contributed by atoms with E-state index in [2.05, 4.69) is 20.1 Å². The van der Waals surface area contributed by atoms with Gasteiger partial charge in [-0.25, -0.2) is 14.6 Å². The summed E-state index contributed by atoms with van der Waals surface area (Å²) >= 11 is 0. The van der Waals surface area contributed by atoms with Gasteiger partial charge >= 0.3 is 0 Å². The third kappa shape index (κ3) is 2.96. The number of carbonyl (C=O) groups is 1. The second kappa shape index (κ2) is 6.18. The third-order valence-electron chi connectivity index (χ3n) is 3.63. The number of rotatable bonds is 3. The average Bonchev–Trinajstić information content (AvgIpc) is 2.86. The number of amides is 1. The Hall–Kier alpha value is -2.35. The first-order chi connectivity index (χ1) is 10.7. The molecule has 0 saturated carbocycles. The molecule has 0 aromatic carbocycles. The maximum atomic E-state index is 12.7. The highest BCUT2D eigenvalue weighted by molar-refractivity contribution is 5.91. The molecule has 8 nitrogen and oxygen atoms in total. The predicted molar refractivity (Wildman–Crippen MR) is 76.9 cm³/mol. The Balaban J connectivity index is 1.85. The van der Waals surface area contributed by atoms with Gasteiger partial charge in [-0.2, -0.15) is 5.10 Å². The van der Waals surface area contributed by atoms with Crippen molar-refractivity contribution in [3.05, 3.63) is 35.9 Å². The number of carbonyl (C=O) groups excluding carboxylic acids is 1. The Kier molecular flexibility index (Phi) is 4.10. The van der Waals surface area contributed by atoms with E-state index in [1.807, 2.05) is 11.6 Å². The van der Waals surface area contributed by atoms with Crippen molar-refractivity contribution in [1.29, 1.82) is 0 Å². The number of hydrogen-bond donors (Lipinski definition) is 0. The van der Waals surface area contributed by atoms with Crippen LogP contribution in [0.25, 0.3) is 0 Å². The molecule has 0 radical (unpaired) electrons. The quantitative estimate of drug-likeness (QED) is 0.810. The summed E-state index contributed by atoms with van der Waals surface area (Å²) in [4.78, 5) is 26.9. The summed E-state index contributed by atoms with van der Waals surface area (Å²) in [6.45, 7) is 4.07. The first-order valence-electron chi connectivity index (χ1n) is 7.11. The molecule has 0 aliphatic carbocycles. The SMILES string of the molecule is COC[C@@H]1CN(C(=O)c2cnc(C)cn2)Cc2ncnn2C1. The van der Waals surface area contributed by atoms with Gasteiger partial charge in [0.05, 0.1) is 25.0 Å². The molecular weight excluding hydrogens is 284 g/mol. The van der Waals surface area contributed by atoms with Gasteiger partial charge in [-0.05, 0) is 6.92 Å². The second-order valence-corrected chi connectivity index (χ2v) is 5.41. The van der Waals surface area contributed by atoms with Crippen LogP contribution in [-0.4, -0.2) is 55.8 Å². The van der Waals surface area contributed by atoms with Crippen molar-refractivity contribution in [3.63, 3.8) is 0 Å². The van der Waals surface area contributed by atoms with Crippen molar-refractivity contribution in [2.75, 3.05) is 20.3 Å². The van der Waals surface area contributed by atoms with Gasteiger partial charge in [0.25, 0.3) is 5.91 Å². The van der Waals surface area contributed by atoms with Crippen molar-refractivity contribution >= 4 is 5.91 Å². The highest BCUT2D eigenvalue weighted by atomic mass is 16.5. The van der Waals surface area contributed by atoms with Crippen molar-refractivity contribution in [2.45, 2.75) is 20.0 Å². The molecular formula is C14H18N6O2. The Bertz CT molecular complexity index is 654. The van der Waals surface area contributed by atoms with E-state index >= 15 is 0 Å². The normalized spacial score (nSPS) is 17.9. The standard InChI is InChI=1S/C14H18N6O2/c1-10-3-16-12(4-15-10)14(21)19-5-11(8-22-2)6-20-13(7-19)17-9-18-20/h3-4,9,11H,5-8H2,1-2H3/t11-/m1/s1. The van der Waals surface area contributed by atoms with E-state index in [9.17, 15) is 4.79 Å². The van der Waals surface area contributed by atoms with Crippen LogP contribution in [0.15, 0.2) is 18.7 Å². The van der Waals surface area contributed by atoms with Gasteiger partial charge < -0.3 is 9.64 Å². The molecule has 0 saturated heterocycles. The number of ether oxygens (including phenoxy) is 1. The van der Waals surface area contributed by atoms with Crippen LogP contribution in [0.3, 0.4) is 0 Å². The molecule has 3 rings (SSSR count). The molecule has 0 fully saturated rings. The zero-order valence-electron chi connectivity index (χ0n) is 12.6. The van der Waals surface area contributed by atoms with Gasteiger partial charge in [0, 0.05) is 32.3 Å². The van der Waals surface area contributed by atoms with Crippen molar-refractivity contribution in [1.82, 2.24) is 29.6 Å². The van der Waals surface area contributed by atoms with Gasteiger partial charge in [0.1, 0.15) is 17.8 Å². The highest BCUT2D eigenvalue weighted by Gasteiger charge is 2.27. The number of aromatic nitrogens is 5. The zero-order valence-corrected chi connectivity index (χ0v) is 12.6. The van der Waals surface area contributed by atoms with Crippen molar-refractivity contribution in [2.24, 2.45) is 5.92 Å². The molecule has 2 aromatic rings. The molecule has 8 heteroatoms. The second-order valence-electron chi connectivity index (χ2n) is 5.41. The summed E-state index contributed by atoms with van der Waals surface area (Å²) in [5.74, 6) is 0.785. The van der Waals surface area contributed by atoms with E-state index < -0.39 is 0 Å². The van der Waals surface area contributed by atoms with Crippen LogP contribution in [-0.2, 0) is 17.8 Å². The van der Waals surface area contributed by atoms with E-state index in [1.54, 1.807) is 18.2 Å². The molecule has 22 heavy (non-hydrogen) atoms. The number of hydrogen-bond acceptors (Lipinski definition) is 6. The summed E-state index contributed by atoms with van der Waals surface area (Å²) in [6.07, 6.45) is 4.62. The van der Waals surface area contributed by atoms with Crippen molar-refractivity contribution in [3.8, 4) is 0 Å². The molecule has 1 atom stereocenters. The minimum Gasteiger partial charge on any atom is -0.384 e. The molecule has 116 valence electrons. The van der Waals surface area contributed by atoms with Crippen molar-refractivity contribution < 1.29 is 9.53 Å². The van der Waals surface area contributed by atoms with Gasteiger partial charge in [0.2, 0.25) is 0 Å². The summed E-state index contributed by atoms with van der Waals surface area (Å²) in [5, 5.41) is 4.21. The Labute approximate surface area is 128 Å². The van der Waals surface area contributed by atoms with E-state index in [-0.39, 0.29) is 11.8 Å². The van der Waals surface area contributed by atoms with E-state index in [0.717, 1.165) is 11.5 Å². The first kappa shape index (κ1) is 14.6. The predicted octanol–water partition coefficient (Wildman–Crippen LogP) is 0.295. The van der Waals surface area contributed by atoms with E-state index in [1.165, 1.54) is 12.5 Å². The third-order valence-corrected chi connectivity index (χ3v) is 3.63. The Morgan fingerprint density at radius 3 is 2.91 bits per heavy atom. The lowest BCUT2D eigenvalue weighted by atomic mass is 10.1. The maximum Gasteiger partial charge on any atom is 0.274 e. The fraction of sp³-hybridized carbons (Fsp3) is 0.500. The summed E-state index contributed by atoms with van der Waals surface area (Å²) in [6, 6.07) is 0. The molecule has 2 aromatic heterocycles. The van der Waals surface area contributed by atoms with Crippen LogP contribution < -0.4 is 0 Å². The molecule has 0 bridgehead atoms. The largest absolute Gasteiger partial charge is 0.384 e. The van der Waals surface area contributed by atoms with E-state index in [0.29, 0.717) is 31.9 Å². The van der Waals surface area contributed by atoms with Crippen LogP contribution in [0.5, 0.6) is 0 Å². The van der Waals surface area contributed by atoms with Gasteiger partial charge in [0.15, 0.2) is 0 Å². The highest BCUT2D eigenvalue weighted by Crippen LogP contribution is 2.16. The van der Waals surface area contributed by atoms with Crippen LogP contribution in [0.4, 0.5) is 0 Å². The first-order valence-corrected chi connectivity index (χ1v) is 7.11. The molecule has 0 unspecified atom stereocenters. The molecule has 0 spiro atoms. The average molecular weight is 302 g/mol. The monoisotopic (exact) mass is 302 g/mol.